The normalized spacial score (nSPS) is 53.4. The van der Waals surface area contributed by atoms with E-state index in [0.29, 0.717) is 6.10 Å². The first-order valence-electron chi connectivity index (χ1n) is 4.40. The molecule has 2 aliphatic rings. The minimum absolute atomic E-state index is 0.620. The Morgan fingerprint density at radius 2 is 1.90 bits per heavy atom. The van der Waals surface area contributed by atoms with E-state index in [-0.39, 0.29) is 0 Å². The van der Waals surface area contributed by atoms with E-state index in [1.54, 1.807) is 0 Å². The Morgan fingerprint density at radius 3 is 2.60 bits per heavy atom. The quantitative estimate of drug-likeness (QED) is 0.500. The molecule has 58 valence electrons. The van der Waals surface area contributed by atoms with Gasteiger partial charge < -0.3 is 4.74 Å². The summed E-state index contributed by atoms with van der Waals surface area (Å²) in [7, 11) is 0. The highest BCUT2D eigenvalue weighted by Crippen LogP contribution is 2.42. The first kappa shape index (κ1) is 6.66. The molecule has 10 heavy (non-hydrogen) atoms. The lowest BCUT2D eigenvalue weighted by Crippen LogP contribution is -2.16. The molecule has 0 N–H and O–H groups in total. The number of hydrogen-bond donors (Lipinski definition) is 0. The minimum Gasteiger partial charge on any atom is -0.377 e. The summed E-state index contributed by atoms with van der Waals surface area (Å²) in [5.41, 5.74) is 0. The van der Waals surface area contributed by atoms with Crippen molar-refractivity contribution in [1.82, 2.24) is 0 Å². The second-order valence-corrected chi connectivity index (χ2v) is 3.99. The van der Waals surface area contributed by atoms with E-state index < -0.39 is 0 Å². The van der Waals surface area contributed by atoms with E-state index in [0.717, 1.165) is 24.4 Å². The molecule has 0 bridgehead atoms. The molecule has 1 aliphatic heterocycles. The molecular weight excluding hydrogens is 124 g/mol. The van der Waals surface area contributed by atoms with E-state index in [9.17, 15) is 0 Å². The summed E-state index contributed by atoms with van der Waals surface area (Å²) >= 11 is 0. The molecule has 1 heteroatoms. The zero-order chi connectivity index (χ0) is 7.14. The van der Waals surface area contributed by atoms with Gasteiger partial charge in [0.05, 0.1) is 6.10 Å². The van der Waals surface area contributed by atoms with Crippen LogP contribution in [0.5, 0.6) is 0 Å². The monoisotopic (exact) mass is 140 g/mol. The average molecular weight is 140 g/mol. The van der Waals surface area contributed by atoms with Crippen LogP contribution in [0.25, 0.3) is 0 Å². The molecule has 2 unspecified atom stereocenters. The van der Waals surface area contributed by atoms with E-state index in [4.69, 9.17) is 4.74 Å². The van der Waals surface area contributed by atoms with Crippen LogP contribution in [0, 0.1) is 17.8 Å². The van der Waals surface area contributed by atoms with Gasteiger partial charge in [0, 0.05) is 6.61 Å². The standard InChI is InChI=1S/C9H16O/c1-6-3-4-8-7(2)5-10-9(6)8/h6-9H,3-5H2,1-2H3/t6-,7+,8?,9?/m0/s1. The van der Waals surface area contributed by atoms with E-state index in [1.807, 2.05) is 0 Å². The van der Waals surface area contributed by atoms with Crippen molar-refractivity contribution < 1.29 is 4.74 Å². The first-order chi connectivity index (χ1) is 4.79. The third kappa shape index (κ3) is 0.800. The van der Waals surface area contributed by atoms with Crippen LogP contribution in [0.4, 0.5) is 0 Å². The van der Waals surface area contributed by atoms with Crippen molar-refractivity contribution in [3.63, 3.8) is 0 Å². The lowest BCUT2D eigenvalue weighted by atomic mass is 9.93. The Bertz CT molecular complexity index is 117. The van der Waals surface area contributed by atoms with Gasteiger partial charge in [-0.2, -0.15) is 0 Å². The zero-order valence-electron chi connectivity index (χ0n) is 6.84. The maximum Gasteiger partial charge on any atom is 0.0632 e. The number of rotatable bonds is 0. The Kier molecular flexibility index (Phi) is 1.48. The lowest BCUT2D eigenvalue weighted by Gasteiger charge is -2.13. The van der Waals surface area contributed by atoms with Gasteiger partial charge in [-0.25, -0.2) is 0 Å². The third-order valence-corrected chi connectivity index (χ3v) is 3.22. The summed E-state index contributed by atoms with van der Waals surface area (Å²) in [6.07, 6.45) is 3.42. The van der Waals surface area contributed by atoms with Crippen LogP contribution in [0.15, 0.2) is 0 Å². The number of ether oxygens (including phenoxy) is 1. The van der Waals surface area contributed by atoms with E-state index in [1.165, 1.54) is 12.8 Å². The van der Waals surface area contributed by atoms with Crippen LogP contribution in [0.3, 0.4) is 0 Å². The molecule has 1 nitrogen and oxygen atoms in total. The Hall–Kier alpha value is -0.0400. The van der Waals surface area contributed by atoms with Crippen molar-refractivity contribution in [2.75, 3.05) is 6.61 Å². The smallest absolute Gasteiger partial charge is 0.0632 e. The Balaban J connectivity index is 2.09. The fourth-order valence-corrected chi connectivity index (χ4v) is 2.49. The van der Waals surface area contributed by atoms with Gasteiger partial charge in [0.25, 0.3) is 0 Å². The number of fused-ring (bicyclic) bond motifs is 1. The number of hydrogen-bond acceptors (Lipinski definition) is 1. The predicted molar refractivity (Wildman–Crippen MR) is 40.8 cm³/mol. The second-order valence-electron chi connectivity index (χ2n) is 3.99. The fraction of sp³-hybridized carbons (Fsp3) is 1.00. The Morgan fingerprint density at radius 1 is 1.10 bits per heavy atom. The molecule has 0 radical (unpaired) electrons. The third-order valence-electron chi connectivity index (χ3n) is 3.22. The topological polar surface area (TPSA) is 9.23 Å². The van der Waals surface area contributed by atoms with Gasteiger partial charge in [-0.1, -0.05) is 13.8 Å². The van der Waals surface area contributed by atoms with Crippen LogP contribution < -0.4 is 0 Å². The van der Waals surface area contributed by atoms with Gasteiger partial charge in [-0.15, -0.1) is 0 Å². The molecule has 1 saturated carbocycles. The molecule has 1 saturated heterocycles. The van der Waals surface area contributed by atoms with Crippen molar-refractivity contribution in [1.29, 1.82) is 0 Å². The summed E-state index contributed by atoms with van der Waals surface area (Å²) < 4.78 is 5.70. The highest BCUT2D eigenvalue weighted by Gasteiger charge is 2.41. The van der Waals surface area contributed by atoms with E-state index >= 15 is 0 Å². The molecule has 0 aromatic rings. The lowest BCUT2D eigenvalue weighted by molar-refractivity contribution is 0.0708. The van der Waals surface area contributed by atoms with Gasteiger partial charge >= 0.3 is 0 Å². The molecular formula is C9H16O. The van der Waals surface area contributed by atoms with Crippen molar-refractivity contribution >= 4 is 0 Å². The summed E-state index contributed by atoms with van der Waals surface area (Å²) in [5, 5.41) is 0. The second kappa shape index (κ2) is 2.23. The molecule has 2 rings (SSSR count). The van der Waals surface area contributed by atoms with Gasteiger partial charge in [-0.3, -0.25) is 0 Å². The molecule has 0 aromatic heterocycles. The van der Waals surface area contributed by atoms with Crippen molar-refractivity contribution in [2.24, 2.45) is 17.8 Å². The van der Waals surface area contributed by atoms with Gasteiger partial charge in [0.15, 0.2) is 0 Å². The van der Waals surface area contributed by atoms with Crippen LogP contribution in [-0.4, -0.2) is 12.7 Å². The summed E-state index contributed by atoms with van der Waals surface area (Å²) in [6, 6.07) is 0. The maximum absolute atomic E-state index is 5.70. The van der Waals surface area contributed by atoms with Crippen LogP contribution in [-0.2, 0) is 4.74 Å². The van der Waals surface area contributed by atoms with E-state index in [2.05, 4.69) is 13.8 Å². The summed E-state index contributed by atoms with van der Waals surface area (Å²) in [5.74, 6) is 2.56. The summed E-state index contributed by atoms with van der Waals surface area (Å²) in [4.78, 5) is 0. The first-order valence-corrected chi connectivity index (χ1v) is 4.40. The Labute approximate surface area is 62.8 Å². The molecule has 1 heterocycles. The maximum atomic E-state index is 5.70. The molecule has 2 fully saturated rings. The molecule has 0 amide bonds. The van der Waals surface area contributed by atoms with Crippen molar-refractivity contribution in [2.45, 2.75) is 32.8 Å². The van der Waals surface area contributed by atoms with Crippen LogP contribution in [0.1, 0.15) is 26.7 Å². The van der Waals surface area contributed by atoms with Crippen molar-refractivity contribution in [3.8, 4) is 0 Å². The molecule has 4 atom stereocenters. The van der Waals surface area contributed by atoms with Gasteiger partial charge in [0.2, 0.25) is 0 Å². The van der Waals surface area contributed by atoms with Gasteiger partial charge in [0.1, 0.15) is 0 Å². The highest BCUT2D eigenvalue weighted by atomic mass is 16.5. The SMILES string of the molecule is C[C@@H]1COC2C1CC[C@@H]2C. The van der Waals surface area contributed by atoms with Crippen molar-refractivity contribution in [3.05, 3.63) is 0 Å². The molecule has 1 aliphatic carbocycles. The predicted octanol–water partition coefficient (Wildman–Crippen LogP) is 2.07. The highest BCUT2D eigenvalue weighted by molar-refractivity contribution is 4.90. The molecule has 0 aromatic carbocycles. The largest absolute Gasteiger partial charge is 0.377 e. The van der Waals surface area contributed by atoms with Crippen LogP contribution in [0.2, 0.25) is 0 Å². The summed E-state index contributed by atoms with van der Waals surface area (Å²) in [6.45, 7) is 5.66. The molecule has 0 spiro atoms. The average Bonchev–Trinajstić information content (AvgIpc) is 2.41. The zero-order valence-corrected chi connectivity index (χ0v) is 6.84. The minimum atomic E-state index is 0.620. The fourth-order valence-electron chi connectivity index (χ4n) is 2.49. The van der Waals surface area contributed by atoms with Gasteiger partial charge in [-0.05, 0) is 30.6 Å². The van der Waals surface area contributed by atoms with Crippen LogP contribution >= 0.6 is 0 Å².